The van der Waals surface area contributed by atoms with Crippen molar-refractivity contribution in [1.82, 2.24) is 4.57 Å². The highest BCUT2D eigenvalue weighted by Crippen LogP contribution is 2.25. The summed E-state index contributed by atoms with van der Waals surface area (Å²) in [6.45, 7) is 0.381. The zero-order valence-corrected chi connectivity index (χ0v) is 11.5. The van der Waals surface area contributed by atoms with Crippen molar-refractivity contribution in [3.8, 4) is 0 Å². The Labute approximate surface area is 117 Å². The van der Waals surface area contributed by atoms with Crippen molar-refractivity contribution in [3.63, 3.8) is 0 Å². The Morgan fingerprint density at radius 3 is 2.68 bits per heavy atom. The molecule has 1 heterocycles. The first-order valence-electron chi connectivity index (χ1n) is 5.82. The lowest BCUT2D eigenvalue weighted by molar-refractivity contribution is 0.567. The normalized spacial score (nSPS) is 11.1. The Morgan fingerprint density at radius 2 is 1.89 bits per heavy atom. The maximum atomic E-state index is 13.7. The van der Waals surface area contributed by atoms with Crippen LogP contribution in [0.4, 0.5) is 8.78 Å². The molecule has 96 valence electrons. The van der Waals surface area contributed by atoms with Crippen molar-refractivity contribution < 1.29 is 8.78 Å². The van der Waals surface area contributed by atoms with E-state index in [0.29, 0.717) is 12.1 Å². The average molecular weight is 322 g/mol. The zero-order chi connectivity index (χ0) is 13.4. The lowest BCUT2D eigenvalue weighted by atomic mass is 10.2. The monoisotopic (exact) mass is 321 g/mol. The molecular formula is C15H10BrF2N. The van der Waals surface area contributed by atoms with E-state index in [-0.39, 0.29) is 0 Å². The van der Waals surface area contributed by atoms with Crippen LogP contribution in [0.25, 0.3) is 10.9 Å². The molecule has 0 aliphatic rings. The van der Waals surface area contributed by atoms with E-state index < -0.39 is 11.6 Å². The largest absolute Gasteiger partial charge is 0.343 e. The summed E-state index contributed by atoms with van der Waals surface area (Å²) in [6, 6.07) is 11.5. The van der Waals surface area contributed by atoms with Crippen LogP contribution in [0.5, 0.6) is 0 Å². The SMILES string of the molecule is Fc1ccc(Cn2ccc3c(Br)cccc32)c(F)c1. The molecule has 4 heteroatoms. The van der Waals surface area contributed by atoms with Crippen molar-refractivity contribution in [1.29, 1.82) is 0 Å². The second kappa shape index (κ2) is 4.78. The van der Waals surface area contributed by atoms with E-state index >= 15 is 0 Å². The third-order valence-electron chi connectivity index (χ3n) is 3.12. The van der Waals surface area contributed by atoms with Gasteiger partial charge in [0.2, 0.25) is 0 Å². The van der Waals surface area contributed by atoms with Gasteiger partial charge in [-0.15, -0.1) is 0 Å². The van der Waals surface area contributed by atoms with E-state index in [0.717, 1.165) is 21.4 Å². The van der Waals surface area contributed by atoms with Gasteiger partial charge in [-0.1, -0.05) is 28.1 Å². The van der Waals surface area contributed by atoms with E-state index in [9.17, 15) is 8.78 Å². The summed E-state index contributed by atoms with van der Waals surface area (Å²) in [5.74, 6) is -1.07. The summed E-state index contributed by atoms with van der Waals surface area (Å²) in [5, 5.41) is 1.07. The van der Waals surface area contributed by atoms with Gasteiger partial charge in [-0.05, 0) is 24.3 Å². The van der Waals surface area contributed by atoms with Crippen LogP contribution in [-0.2, 0) is 6.54 Å². The topological polar surface area (TPSA) is 4.93 Å². The van der Waals surface area contributed by atoms with Gasteiger partial charge in [0, 0.05) is 33.2 Å². The fourth-order valence-corrected chi connectivity index (χ4v) is 2.65. The van der Waals surface area contributed by atoms with E-state index in [4.69, 9.17) is 0 Å². The number of rotatable bonds is 2. The smallest absolute Gasteiger partial charge is 0.131 e. The summed E-state index contributed by atoms with van der Waals surface area (Å²) in [7, 11) is 0. The number of benzene rings is 2. The van der Waals surface area contributed by atoms with Gasteiger partial charge in [-0.3, -0.25) is 0 Å². The molecule has 0 saturated heterocycles. The number of hydrogen-bond donors (Lipinski definition) is 0. The predicted octanol–water partition coefficient (Wildman–Crippen LogP) is 4.73. The highest BCUT2D eigenvalue weighted by atomic mass is 79.9. The quantitative estimate of drug-likeness (QED) is 0.643. The molecule has 19 heavy (non-hydrogen) atoms. The molecule has 0 aliphatic carbocycles. The van der Waals surface area contributed by atoms with E-state index in [1.807, 2.05) is 35.0 Å². The van der Waals surface area contributed by atoms with E-state index in [1.165, 1.54) is 12.1 Å². The minimum atomic E-state index is -0.554. The van der Waals surface area contributed by atoms with Crippen LogP contribution >= 0.6 is 15.9 Å². The highest BCUT2D eigenvalue weighted by molar-refractivity contribution is 9.10. The summed E-state index contributed by atoms with van der Waals surface area (Å²) >= 11 is 3.48. The third kappa shape index (κ3) is 2.28. The Hall–Kier alpha value is -1.68. The van der Waals surface area contributed by atoms with Gasteiger partial charge in [-0.25, -0.2) is 8.78 Å². The lowest BCUT2D eigenvalue weighted by Gasteiger charge is -2.07. The molecule has 0 radical (unpaired) electrons. The summed E-state index contributed by atoms with van der Waals surface area (Å²) < 4.78 is 29.5. The molecule has 2 aromatic carbocycles. The van der Waals surface area contributed by atoms with Crippen LogP contribution in [0.1, 0.15) is 5.56 Å². The molecule has 1 aromatic heterocycles. The van der Waals surface area contributed by atoms with Crippen molar-refractivity contribution in [2.75, 3.05) is 0 Å². The summed E-state index contributed by atoms with van der Waals surface area (Å²) in [5.41, 5.74) is 1.48. The second-order valence-corrected chi connectivity index (χ2v) is 5.21. The van der Waals surface area contributed by atoms with Crippen molar-refractivity contribution in [2.45, 2.75) is 6.54 Å². The van der Waals surface area contributed by atoms with Gasteiger partial charge in [0.1, 0.15) is 11.6 Å². The van der Waals surface area contributed by atoms with Gasteiger partial charge in [0.25, 0.3) is 0 Å². The zero-order valence-electron chi connectivity index (χ0n) is 9.91. The van der Waals surface area contributed by atoms with Crippen molar-refractivity contribution >= 4 is 26.8 Å². The summed E-state index contributed by atoms with van der Waals surface area (Å²) in [4.78, 5) is 0. The molecule has 0 fully saturated rings. The van der Waals surface area contributed by atoms with Crippen molar-refractivity contribution in [2.24, 2.45) is 0 Å². The molecule has 0 spiro atoms. The van der Waals surface area contributed by atoms with Crippen molar-refractivity contribution in [3.05, 3.63) is 70.3 Å². The molecule has 0 N–H and O–H groups in total. The molecule has 0 aliphatic heterocycles. The molecule has 1 nitrogen and oxygen atoms in total. The molecule has 0 amide bonds. The van der Waals surface area contributed by atoms with Gasteiger partial charge in [0.05, 0.1) is 6.54 Å². The first-order valence-corrected chi connectivity index (χ1v) is 6.62. The minimum Gasteiger partial charge on any atom is -0.343 e. The maximum Gasteiger partial charge on any atom is 0.131 e. The fourth-order valence-electron chi connectivity index (χ4n) is 2.16. The second-order valence-electron chi connectivity index (χ2n) is 4.35. The summed E-state index contributed by atoms with van der Waals surface area (Å²) in [6.07, 6.45) is 1.90. The molecule has 0 atom stereocenters. The Morgan fingerprint density at radius 1 is 1.05 bits per heavy atom. The van der Waals surface area contributed by atoms with Gasteiger partial charge >= 0.3 is 0 Å². The number of hydrogen-bond acceptors (Lipinski definition) is 0. The predicted molar refractivity (Wildman–Crippen MR) is 75.1 cm³/mol. The number of aromatic nitrogens is 1. The van der Waals surface area contributed by atoms with Crippen LogP contribution in [0.2, 0.25) is 0 Å². The number of halogens is 3. The van der Waals surface area contributed by atoms with Gasteiger partial charge in [0.15, 0.2) is 0 Å². The molecule has 0 saturated carbocycles. The van der Waals surface area contributed by atoms with Crippen LogP contribution < -0.4 is 0 Å². The first-order chi connectivity index (χ1) is 9.15. The first kappa shape index (κ1) is 12.4. The molecule has 0 bridgehead atoms. The van der Waals surface area contributed by atoms with E-state index in [2.05, 4.69) is 15.9 Å². The van der Waals surface area contributed by atoms with Gasteiger partial charge < -0.3 is 4.57 Å². The van der Waals surface area contributed by atoms with Crippen LogP contribution in [0.3, 0.4) is 0 Å². The molecule has 0 unspecified atom stereocenters. The molecular weight excluding hydrogens is 312 g/mol. The van der Waals surface area contributed by atoms with Crippen LogP contribution in [0, 0.1) is 11.6 Å². The number of fused-ring (bicyclic) bond motifs is 1. The Bertz CT molecular complexity index is 749. The Balaban J connectivity index is 2.04. The lowest BCUT2D eigenvalue weighted by Crippen LogP contribution is -2.00. The van der Waals surface area contributed by atoms with Crippen LogP contribution in [0.15, 0.2) is 53.1 Å². The fraction of sp³-hybridized carbons (Fsp3) is 0.0667. The maximum absolute atomic E-state index is 13.7. The van der Waals surface area contributed by atoms with E-state index in [1.54, 1.807) is 0 Å². The third-order valence-corrected chi connectivity index (χ3v) is 3.81. The number of nitrogens with zero attached hydrogens (tertiary/aromatic N) is 1. The molecule has 3 rings (SSSR count). The average Bonchev–Trinajstić information content (AvgIpc) is 2.78. The highest BCUT2D eigenvalue weighted by Gasteiger charge is 2.08. The Kier molecular flexibility index (Phi) is 3.11. The van der Waals surface area contributed by atoms with Gasteiger partial charge in [-0.2, -0.15) is 0 Å². The standard InChI is InChI=1S/C15H10BrF2N/c16-13-2-1-3-15-12(13)6-7-19(15)9-10-4-5-11(17)8-14(10)18/h1-8H,9H2. The minimum absolute atomic E-state index is 0.381. The molecule has 3 aromatic rings. The van der Waals surface area contributed by atoms with Crippen LogP contribution in [-0.4, -0.2) is 4.57 Å².